The highest BCUT2D eigenvalue weighted by molar-refractivity contribution is 7.99. The predicted molar refractivity (Wildman–Crippen MR) is 84.8 cm³/mol. The first-order valence-corrected chi connectivity index (χ1v) is 7.85. The highest BCUT2D eigenvalue weighted by atomic mass is 32.2. The highest BCUT2D eigenvalue weighted by Gasteiger charge is 2.18. The Morgan fingerprint density at radius 1 is 1.23 bits per heavy atom. The molecule has 0 amide bonds. The smallest absolute Gasteiger partial charge is 0.196 e. The van der Waals surface area contributed by atoms with E-state index in [2.05, 4.69) is 16.3 Å². The molecule has 0 aliphatic heterocycles. The lowest BCUT2D eigenvalue weighted by Gasteiger charge is -2.09. The minimum Gasteiger partial charge on any atom is -0.469 e. The molecule has 0 atom stereocenters. The SMILES string of the molecule is Cc1occc1-c1nnc(SCCC#N)n1-c1ccccc1. The van der Waals surface area contributed by atoms with E-state index in [0.717, 1.165) is 28.0 Å². The number of thioether (sulfide) groups is 1. The van der Waals surface area contributed by atoms with Gasteiger partial charge in [0.2, 0.25) is 0 Å². The second kappa shape index (κ2) is 6.50. The van der Waals surface area contributed by atoms with Gasteiger partial charge in [0.15, 0.2) is 11.0 Å². The van der Waals surface area contributed by atoms with Crippen LogP contribution in [0.25, 0.3) is 17.1 Å². The fourth-order valence-electron chi connectivity index (χ4n) is 2.15. The zero-order valence-electron chi connectivity index (χ0n) is 12.1. The van der Waals surface area contributed by atoms with Gasteiger partial charge in [0.1, 0.15) is 5.76 Å². The summed E-state index contributed by atoms with van der Waals surface area (Å²) >= 11 is 1.53. The summed E-state index contributed by atoms with van der Waals surface area (Å²) in [7, 11) is 0. The van der Waals surface area contributed by atoms with Gasteiger partial charge in [-0.3, -0.25) is 4.57 Å². The topological polar surface area (TPSA) is 67.6 Å². The van der Waals surface area contributed by atoms with Crippen LogP contribution in [0, 0.1) is 18.3 Å². The predicted octanol–water partition coefficient (Wildman–Crippen LogP) is 3.84. The zero-order valence-corrected chi connectivity index (χ0v) is 12.9. The summed E-state index contributed by atoms with van der Waals surface area (Å²) in [5.74, 6) is 2.24. The van der Waals surface area contributed by atoms with E-state index in [0.29, 0.717) is 12.2 Å². The number of rotatable bonds is 5. The van der Waals surface area contributed by atoms with Crippen molar-refractivity contribution in [3.05, 3.63) is 48.4 Å². The molecule has 1 aromatic carbocycles. The van der Waals surface area contributed by atoms with Crippen molar-refractivity contribution < 1.29 is 4.42 Å². The van der Waals surface area contributed by atoms with Crippen molar-refractivity contribution in [2.24, 2.45) is 0 Å². The van der Waals surface area contributed by atoms with Gasteiger partial charge in [0.05, 0.1) is 17.9 Å². The van der Waals surface area contributed by atoms with Crippen LogP contribution in [0.15, 0.2) is 52.2 Å². The fourth-order valence-corrected chi connectivity index (χ4v) is 2.95. The van der Waals surface area contributed by atoms with Crippen molar-refractivity contribution in [2.45, 2.75) is 18.5 Å². The lowest BCUT2D eigenvalue weighted by molar-refractivity contribution is 0.535. The number of hydrogen-bond acceptors (Lipinski definition) is 5. The Morgan fingerprint density at radius 2 is 2.05 bits per heavy atom. The number of para-hydroxylation sites is 1. The van der Waals surface area contributed by atoms with E-state index in [1.165, 1.54) is 11.8 Å². The van der Waals surface area contributed by atoms with E-state index < -0.39 is 0 Å². The van der Waals surface area contributed by atoms with Crippen LogP contribution in [0.5, 0.6) is 0 Å². The summed E-state index contributed by atoms with van der Waals surface area (Å²) in [6, 6.07) is 14.0. The van der Waals surface area contributed by atoms with Crippen LogP contribution in [0.4, 0.5) is 0 Å². The van der Waals surface area contributed by atoms with Gasteiger partial charge in [-0.05, 0) is 25.1 Å². The second-order valence-electron chi connectivity index (χ2n) is 4.62. The van der Waals surface area contributed by atoms with E-state index in [-0.39, 0.29) is 0 Å². The Bertz CT molecular complexity index is 801. The Hall–Kier alpha value is -2.52. The normalized spacial score (nSPS) is 10.5. The molecule has 0 aliphatic rings. The molecule has 0 unspecified atom stereocenters. The summed E-state index contributed by atoms with van der Waals surface area (Å²) < 4.78 is 7.39. The van der Waals surface area contributed by atoms with Crippen molar-refractivity contribution in [3.63, 3.8) is 0 Å². The fraction of sp³-hybridized carbons (Fsp3) is 0.188. The van der Waals surface area contributed by atoms with E-state index in [9.17, 15) is 0 Å². The molecule has 2 aromatic heterocycles. The molecular formula is C16H14N4OS. The van der Waals surface area contributed by atoms with Gasteiger partial charge >= 0.3 is 0 Å². The molecule has 0 bridgehead atoms. The first-order valence-electron chi connectivity index (χ1n) is 6.86. The Kier molecular flexibility index (Phi) is 4.26. The average Bonchev–Trinajstić information content (AvgIpc) is 3.14. The number of nitriles is 1. The molecule has 0 aliphatic carbocycles. The number of nitrogens with zero attached hydrogens (tertiary/aromatic N) is 4. The van der Waals surface area contributed by atoms with Crippen LogP contribution in [-0.2, 0) is 0 Å². The molecular weight excluding hydrogens is 296 g/mol. The summed E-state index contributed by atoms with van der Waals surface area (Å²) in [6.07, 6.45) is 2.13. The molecule has 0 N–H and O–H groups in total. The lowest BCUT2D eigenvalue weighted by atomic mass is 10.2. The first-order chi connectivity index (χ1) is 10.8. The Morgan fingerprint density at radius 3 is 2.73 bits per heavy atom. The molecule has 0 saturated heterocycles. The number of aryl methyl sites for hydroxylation is 1. The largest absolute Gasteiger partial charge is 0.469 e. The molecule has 3 aromatic rings. The molecule has 22 heavy (non-hydrogen) atoms. The maximum absolute atomic E-state index is 8.70. The number of furan rings is 1. The standard InChI is InChI=1S/C16H14N4OS/c1-12-14(8-10-21-12)15-18-19-16(22-11-5-9-17)20(15)13-6-3-2-4-7-13/h2-4,6-8,10H,5,11H2,1H3. The van der Waals surface area contributed by atoms with Crippen LogP contribution in [-0.4, -0.2) is 20.5 Å². The molecule has 110 valence electrons. The summed E-state index contributed by atoms with van der Waals surface area (Å²) in [6.45, 7) is 1.90. The quantitative estimate of drug-likeness (QED) is 0.529. The van der Waals surface area contributed by atoms with Crippen molar-refractivity contribution in [1.29, 1.82) is 5.26 Å². The van der Waals surface area contributed by atoms with Crippen LogP contribution < -0.4 is 0 Å². The van der Waals surface area contributed by atoms with Crippen molar-refractivity contribution in [2.75, 3.05) is 5.75 Å². The van der Waals surface area contributed by atoms with Gasteiger partial charge in [-0.15, -0.1) is 10.2 Å². The Labute approximate surface area is 132 Å². The number of aromatic nitrogens is 3. The first kappa shape index (κ1) is 14.4. The van der Waals surface area contributed by atoms with Gasteiger partial charge < -0.3 is 4.42 Å². The third-order valence-corrected chi connectivity index (χ3v) is 4.12. The molecule has 0 spiro atoms. The summed E-state index contributed by atoms with van der Waals surface area (Å²) in [5.41, 5.74) is 1.91. The molecule has 6 heteroatoms. The molecule has 2 heterocycles. The summed E-state index contributed by atoms with van der Waals surface area (Å²) in [4.78, 5) is 0. The van der Waals surface area contributed by atoms with Gasteiger partial charge in [-0.1, -0.05) is 30.0 Å². The van der Waals surface area contributed by atoms with Crippen LogP contribution in [0.1, 0.15) is 12.2 Å². The molecule has 5 nitrogen and oxygen atoms in total. The van der Waals surface area contributed by atoms with E-state index in [4.69, 9.17) is 9.68 Å². The molecule has 3 rings (SSSR count). The zero-order chi connectivity index (χ0) is 15.4. The lowest BCUT2D eigenvalue weighted by Crippen LogP contribution is -1.99. The molecule has 0 radical (unpaired) electrons. The second-order valence-corrected chi connectivity index (χ2v) is 5.69. The minimum atomic E-state index is 0.479. The van der Waals surface area contributed by atoms with Gasteiger partial charge in [0, 0.05) is 17.9 Å². The van der Waals surface area contributed by atoms with Crippen LogP contribution >= 0.6 is 11.8 Å². The van der Waals surface area contributed by atoms with Crippen molar-refractivity contribution >= 4 is 11.8 Å². The van der Waals surface area contributed by atoms with Crippen LogP contribution in [0.3, 0.4) is 0 Å². The third kappa shape index (κ3) is 2.76. The van der Waals surface area contributed by atoms with E-state index in [1.54, 1.807) is 6.26 Å². The van der Waals surface area contributed by atoms with E-state index >= 15 is 0 Å². The molecule has 0 saturated carbocycles. The van der Waals surface area contributed by atoms with Gasteiger partial charge in [-0.25, -0.2) is 0 Å². The maximum atomic E-state index is 8.70. The maximum Gasteiger partial charge on any atom is 0.196 e. The van der Waals surface area contributed by atoms with Crippen LogP contribution in [0.2, 0.25) is 0 Å². The number of benzene rings is 1. The summed E-state index contributed by atoms with van der Waals surface area (Å²) in [5, 5.41) is 18.1. The van der Waals surface area contributed by atoms with Gasteiger partial charge in [-0.2, -0.15) is 5.26 Å². The number of hydrogen-bond donors (Lipinski definition) is 0. The minimum absolute atomic E-state index is 0.479. The van der Waals surface area contributed by atoms with E-state index in [1.807, 2.05) is 47.9 Å². The highest BCUT2D eigenvalue weighted by Crippen LogP contribution is 2.30. The molecule has 0 fully saturated rings. The van der Waals surface area contributed by atoms with Crippen molar-refractivity contribution in [3.8, 4) is 23.1 Å². The van der Waals surface area contributed by atoms with Crippen molar-refractivity contribution in [1.82, 2.24) is 14.8 Å². The monoisotopic (exact) mass is 310 g/mol. The average molecular weight is 310 g/mol. The third-order valence-electron chi connectivity index (χ3n) is 3.19. The van der Waals surface area contributed by atoms with Gasteiger partial charge in [0.25, 0.3) is 0 Å². The Balaban J connectivity index is 2.08.